The molecule has 166 valence electrons. The summed E-state index contributed by atoms with van der Waals surface area (Å²) in [7, 11) is 1.66. The van der Waals surface area contributed by atoms with Gasteiger partial charge in [-0.15, -0.1) is 11.3 Å². The third-order valence-electron chi connectivity index (χ3n) is 5.66. The molecule has 0 aliphatic carbocycles. The van der Waals surface area contributed by atoms with Gasteiger partial charge in [0, 0.05) is 38.3 Å². The van der Waals surface area contributed by atoms with Crippen LogP contribution in [0, 0.1) is 0 Å². The molecule has 0 radical (unpaired) electrons. The lowest BCUT2D eigenvalue weighted by Gasteiger charge is -2.37. The number of anilines is 1. The first-order valence-electron chi connectivity index (χ1n) is 10.7. The number of methoxy groups -OCH3 is 1. The molecule has 1 aliphatic rings. The highest BCUT2D eigenvalue weighted by atomic mass is 32.1. The van der Waals surface area contributed by atoms with E-state index >= 15 is 0 Å². The van der Waals surface area contributed by atoms with Gasteiger partial charge in [0.2, 0.25) is 5.91 Å². The lowest BCUT2D eigenvalue weighted by Crippen LogP contribution is -2.55. The van der Waals surface area contributed by atoms with Gasteiger partial charge in [0.15, 0.2) is 0 Å². The maximum atomic E-state index is 13.4. The number of rotatable bonds is 7. The number of hydrogen-bond acceptors (Lipinski definition) is 5. The zero-order chi connectivity index (χ0) is 22.3. The number of ether oxygens (including phenoxy) is 1. The molecule has 3 aromatic rings. The minimum atomic E-state index is -0.598. The third kappa shape index (κ3) is 5.29. The molecule has 6 nitrogen and oxygen atoms in total. The summed E-state index contributed by atoms with van der Waals surface area (Å²) in [6, 6.07) is 20.8. The van der Waals surface area contributed by atoms with Crippen molar-refractivity contribution < 1.29 is 14.3 Å². The smallest absolute Gasteiger partial charge is 0.262 e. The van der Waals surface area contributed by atoms with E-state index < -0.39 is 6.04 Å². The molecule has 0 saturated carbocycles. The van der Waals surface area contributed by atoms with Crippen molar-refractivity contribution >= 4 is 28.8 Å². The van der Waals surface area contributed by atoms with Crippen LogP contribution in [0.4, 0.5) is 5.69 Å². The first kappa shape index (κ1) is 21.9. The summed E-state index contributed by atoms with van der Waals surface area (Å²) in [5.41, 5.74) is 2.14. The lowest BCUT2D eigenvalue weighted by atomic mass is 10.0. The van der Waals surface area contributed by atoms with Gasteiger partial charge in [-0.3, -0.25) is 9.59 Å². The zero-order valence-electron chi connectivity index (χ0n) is 18.1. The molecular formula is C25H27N3O3S. The predicted molar refractivity (Wildman–Crippen MR) is 128 cm³/mol. The molecule has 32 heavy (non-hydrogen) atoms. The van der Waals surface area contributed by atoms with Crippen LogP contribution in [0.1, 0.15) is 15.2 Å². The average molecular weight is 450 g/mol. The monoisotopic (exact) mass is 449 g/mol. The van der Waals surface area contributed by atoms with Gasteiger partial charge in [0.1, 0.15) is 11.8 Å². The maximum absolute atomic E-state index is 13.4. The standard InChI is InChI=1S/C25H27N3O3S/c1-31-21-11-9-20(10-12-21)27-13-15-28(16-14-27)25(30)22(18-19-6-3-2-4-7-19)26-24(29)23-8-5-17-32-23/h2-12,17,22H,13-16,18H2,1H3,(H,26,29). The zero-order valence-corrected chi connectivity index (χ0v) is 18.9. The number of hydrogen-bond donors (Lipinski definition) is 1. The van der Waals surface area contributed by atoms with E-state index in [1.165, 1.54) is 11.3 Å². The molecule has 7 heteroatoms. The second-order valence-electron chi connectivity index (χ2n) is 7.70. The molecule has 1 atom stereocenters. The quantitative estimate of drug-likeness (QED) is 0.600. The molecule has 0 bridgehead atoms. The Morgan fingerprint density at radius 2 is 1.69 bits per heavy atom. The van der Waals surface area contributed by atoms with Crippen molar-refractivity contribution in [2.45, 2.75) is 12.5 Å². The normalized spacial score (nSPS) is 14.7. The van der Waals surface area contributed by atoms with E-state index in [2.05, 4.69) is 10.2 Å². The fraction of sp³-hybridized carbons (Fsp3) is 0.280. The molecule has 1 aromatic heterocycles. The Labute approximate surface area is 192 Å². The van der Waals surface area contributed by atoms with Crippen LogP contribution in [-0.2, 0) is 11.2 Å². The largest absolute Gasteiger partial charge is 0.497 e. The van der Waals surface area contributed by atoms with Crippen molar-refractivity contribution in [1.29, 1.82) is 0 Å². The molecule has 1 fully saturated rings. The number of amides is 2. The fourth-order valence-electron chi connectivity index (χ4n) is 3.89. The Hall–Kier alpha value is -3.32. The summed E-state index contributed by atoms with van der Waals surface area (Å²) in [5.74, 6) is 0.590. The Kier molecular flexibility index (Phi) is 7.07. The summed E-state index contributed by atoms with van der Waals surface area (Å²) in [6.45, 7) is 2.72. The molecule has 0 spiro atoms. The van der Waals surface area contributed by atoms with Crippen molar-refractivity contribution in [2.24, 2.45) is 0 Å². The van der Waals surface area contributed by atoms with E-state index in [4.69, 9.17) is 4.74 Å². The highest BCUT2D eigenvalue weighted by molar-refractivity contribution is 7.12. The average Bonchev–Trinajstić information content (AvgIpc) is 3.39. The topological polar surface area (TPSA) is 61.9 Å². The van der Waals surface area contributed by atoms with Gasteiger partial charge in [-0.25, -0.2) is 0 Å². The number of carbonyl (C=O) groups is 2. The van der Waals surface area contributed by atoms with Crippen molar-refractivity contribution in [2.75, 3.05) is 38.2 Å². The minimum absolute atomic E-state index is 0.0341. The van der Waals surface area contributed by atoms with Crippen LogP contribution in [0.2, 0.25) is 0 Å². The molecular weight excluding hydrogens is 422 g/mol. The number of piperazine rings is 1. The molecule has 2 heterocycles. The Bertz CT molecular complexity index is 1010. The van der Waals surface area contributed by atoms with Crippen molar-refractivity contribution in [1.82, 2.24) is 10.2 Å². The number of nitrogens with zero attached hydrogens (tertiary/aromatic N) is 2. The number of carbonyl (C=O) groups excluding carboxylic acids is 2. The van der Waals surface area contributed by atoms with Crippen LogP contribution >= 0.6 is 11.3 Å². The van der Waals surface area contributed by atoms with Gasteiger partial charge in [-0.05, 0) is 41.3 Å². The van der Waals surface area contributed by atoms with Crippen LogP contribution in [0.25, 0.3) is 0 Å². The van der Waals surface area contributed by atoms with E-state index in [1.807, 2.05) is 70.9 Å². The van der Waals surface area contributed by atoms with Gasteiger partial charge in [-0.2, -0.15) is 0 Å². The van der Waals surface area contributed by atoms with E-state index in [0.29, 0.717) is 24.4 Å². The fourth-order valence-corrected chi connectivity index (χ4v) is 4.51. The van der Waals surface area contributed by atoms with Crippen LogP contribution in [-0.4, -0.2) is 56.0 Å². The molecule has 4 rings (SSSR count). The van der Waals surface area contributed by atoms with E-state index in [0.717, 1.165) is 30.1 Å². The maximum Gasteiger partial charge on any atom is 0.262 e. The Morgan fingerprint density at radius 3 is 2.31 bits per heavy atom. The van der Waals surface area contributed by atoms with E-state index in [9.17, 15) is 9.59 Å². The van der Waals surface area contributed by atoms with Crippen LogP contribution in [0.5, 0.6) is 5.75 Å². The summed E-state index contributed by atoms with van der Waals surface area (Å²) in [4.78, 5) is 30.8. The molecule has 1 saturated heterocycles. The highest BCUT2D eigenvalue weighted by Crippen LogP contribution is 2.21. The van der Waals surface area contributed by atoms with Gasteiger partial charge in [0.25, 0.3) is 5.91 Å². The van der Waals surface area contributed by atoms with E-state index in [1.54, 1.807) is 13.2 Å². The number of nitrogens with one attached hydrogen (secondary N) is 1. The van der Waals surface area contributed by atoms with Gasteiger partial charge in [-0.1, -0.05) is 36.4 Å². The molecule has 2 aromatic carbocycles. The third-order valence-corrected chi connectivity index (χ3v) is 6.53. The van der Waals surface area contributed by atoms with Crippen LogP contribution in [0.15, 0.2) is 72.1 Å². The second kappa shape index (κ2) is 10.3. The highest BCUT2D eigenvalue weighted by Gasteiger charge is 2.29. The Morgan fingerprint density at radius 1 is 0.969 bits per heavy atom. The van der Waals surface area contributed by atoms with Gasteiger partial charge in [0.05, 0.1) is 12.0 Å². The molecule has 1 N–H and O–H groups in total. The van der Waals surface area contributed by atoms with Gasteiger partial charge < -0.3 is 19.9 Å². The summed E-state index contributed by atoms with van der Waals surface area (Å²) >= 11 is 1.37. The number of benzene rings is 2. The second-order valence-corrected chi connectivity index (χ2v) is 8.65. The minimum Gasteiger partial charge on any atom is -0.497 e. The lowest BCUT2D eigenvalue weighted by molar-refractivity contribution is -0.133. The summed E-state index contributed by atoms with van der Waals surface area (Å²) < 4.78 is 5.23. The van der Waals surface area contributed by atoms with Crippen molar-refractivity contribution in [3.63, 3.8) is 0 Å². The van der Waals surface area contributed by atoms with E-state index in [-0.39, 0.29) is 11.8 Å². The van der Waals surface area contributed by atoms with Crippen LogP contribution in [0.3, 0.4) is 0 Å². The molecule has 1 aliphatic heterocycles. The SMILES string of the molecule is COc1ccc(N2CCN(C(=O)C(Cc3ccccc3)NC(=O)c3cccs3)CC2)cc1. The summed E-state index contributed by atoms with van der Waals surface area (Å²) in [5, 5.41) is 4.84. The van der Waals surface area contributed by atoms with Gasteiger partial charge >= 0.3 is 0 Å². The predicted octanol–water partition coefficient (Wildman–Crippen LogP) is 3.45. The summed E-state index contributed by atoms with van der Waals surface area (Å²) in [6.07, 6.45) is 0.468. The first-order chi connectivity index (χ1) is 15.6. The molecule has 2 amide bonds. The number of thiophene rings is 1. The first-order valence-corrected chi connectivity index (χ1v) is 11.6. The Balaban J connectivity index is 1.42. The van der Waals surface area contributed by atoms with Crippen molar-refractivity contribution in [3.05, 3.63) is 82.6 Å². The van der Waals surface area contributed by atoms with Crippen LogP contribution < -0.4 is 15.0 Å². The van der Waals surface area contributed by atoms with Crippen molar-refractivity contribution in [3.8, 4) is 5.75 Å². The molecule has 1 unspecified atom stereocenters.